The number of ether oxygens (including phenoxy) is 2. The average Bonchev–Trinajstić information content (AvgIpc) is 2.68. The van der Waals surface area contributed by atoms with Crippen molar-refractivity contribution in [2.45, 2.75) is 45.2 Å². The van der Waals surface area contributed by atoms with Crippen molar-refractivity contribution in [3.05, 3.63) is 47.5 Å². The van der Waals surface area contributed by atoms with Gasteiger partial charge in [0.15, 0.2) is 0 Å². The number of carbonyl (C=O) groups is 1. The first-order valence-electron chi connectivity index (χ1n) is 7.17. The standard InChI is InChI=1S/C17H20O4/c1-11-9-13(18)14-16(2,3)10-17(11,20-14)21-15(19)12-7-5-4-6-8-12/h4-9,13-14,18H,10H2,1-3H3. The summed E-state index contributed by atoms with van der Waals surface area (Å²) in [7, 11) is 0. The summed E-state index contributed by atoms with van der Waals surface area (Å²) in [5.41, 5.74) is 0.988. The van der Waals surface area contributed by atoms with Gasteiger partial charge in [0, 0.05) is 11.8 Å². The Morgan fingerprint density at radius 1 is 1.33 bits per heavy atom. The van der Waals surface area contributed by atoms with Crippen LogP contribution in [0.3, 0.4) is 0 Å². The molecule has 21 heavy (non-hydrogen) atoms. The molecule has 0 spiro atoms. The molecule has 0 amide bonds. The first-order chi connectivity index (χ1) is 9.84. The molecule has 4 nitrogen and oxygen atoms in total. The van der Waals surface area contributed by atoms with Crippen molar-refractivity contribution in [1.29, 1.82) is 0 Å². The Hall–Kier alpha value is -1.65. The molecule has 2 aliphatic heterocycles. The number of carbonyl (C=O) groups excluding carboxylic acids is 1. The third-order valence-electron chi connectivity index (χ3n) is 4.37. The molecule has 0 aromatic heterocycles. The van der Waals surface area contributed by atoms with Gasteiger partial charge >= 0.3 is 5.97 Å². The molecule has 2 heterocycles. The van der Waals surface area contributed by atoms with Crippen molar-refractivity contribution in [2.75, 3.05) is 0 Å². The second kappa shape index (κ2) is 4.68. The lowest BCUT2D eigenvalue weighted by Gasteiger charge is -2.34. The molecule has 0 saturated carbocycles. The van der Waals surface area contributed by atoms with E-state index in [0.717, 1.165) is 5.57 Å². The summed E-state index contributed by atoms with van der Waals surface area (Å²) < 4.78 is 11.7. The zero-order valence-electron chi connectivity index (χ0n) is 12.5. The molecular weight excluding hydrogens is 268 g/mol. The van der Waals surface area contributed by atoms with Crippen LogP contribution in [0, 0.1) is 5.41 Å². The van der Waals surface area contributed by atoms with Gasteiger partial charge in [0.25, 0.3) is 0 Å². The first-order valence-corrected chi connectivity index (χ1v) is 7.17. The highest BCUT2D eigenvalue weighted by Gasteiger charge is 2.59. The van der Waals surface area contributed by atoms with Gasteiger partial charge in [0.1, 0.15) is 0 Å². The first kappa shape index (κ1) is 14.3. The Labute approximate surface area is 124 Å². The third kappa shape index (κ3) is 2.28. The Morgan fingerprint density at radius 3 is 2.67 bits per heavy atom. The number of esters is 1. The minimum atomic E-state index is -1.06. The normalized spacial score (nSPS) is 33.4. The highest BCUT2D eigenvalue weighted by atomic mass is 16.7. The number of rotatable bonds is 2. The van der Waals surface area contributed by atoms with E-state index in [1.165, 1.54) is 0 Å². The highest BCUT2D eigenvalue weighted by Crippen LogP contribution is 2.52. The number of fused-ring (bicyclic) bond motifs is 2. The monoisotopic (exact) mass is 288 g/mol. The zero-order valence-corrected chi connectivity index (χ0v) is 12.5. The lowest BCUT2D eigenvalue weighted by Crippen LogP contribution is -2.43. The minimum Gasteiger partial charge on any atom is -0.425 e. The van der Waals surface area contributed by atoms with E-state index in [9.17, 15) is 9.90 Å². The molecule has 1 aromatic carbocycles. The second-order valence-corrected chi connectivity index (χ2v) is 6.55. The van der Waals surface area contributed by atoms with E-state index >= 15 is 0 Å². The Kier molecular flexibility index (Phi) is 3.19. The molecule has 4 heteroatoms. The van der Waals surface area contributed by atoms with Crippen LogP contribution in [0.4, 0.5) is 0 Å². The molecule has 1 aromatic rings. The molecule has 1 N–H and O–H groups in total. The molecule has 112 valence electrons. The average molecular weight is 288 g/mol. The molecular formula is C17H20O4. The van der Waals surface area contributed by atoms with Gasteiger partial charge in [-0.15, -0.1) is 0 Å². The maximum atomic E-state index is 12.3. The maximum Gasteiger partial charge on any atom is 0.340 e. The summed E-state index contributed by atoms with van der Waals surface area (Å²) >= 11 is 0. The molecule has 3 unspecified atom stereocenters. The topological polar surface area (TPSA) is 55.8 Å². The number of aliphatic hydroxyl groups is 1. The summed E-state index contributed by atoms with van der Waals surface area (Å²) in [6.45, 7) is 5.87. The van der Waals surface area contributed by atoms with Crippen molar-refractivity contribution in [3.8, 4) is 0 Å². The van der Waals surface area contributed by atoms with Crippen LogP contribution in [-0.2, 0) is 9.47 Å². The van der Waals surface area contributed by atoms with Crippen molar-refractivity contribution in [2.24, 2.45) is 5.41 Å². The molecule has 1 saturated heterocycles. The minimum absolute atomic E-state index is 0.259. The van der Waals surface area contributed by atoms with Crippen LogP contribution < -0.4 is 0 Å². The van der Waals surface area contributed by atoms with Gasteiger partial charge in [-0.25, -0.2) is 4.79 Å². The van der Waals surface area contributed by atoms with Gasteiger partial charge in [0.05, 0.1) is 17.8 Å². The SMILES string of the molecule is CC1=CC(O)C2OC1(OC(=O)c1ccccc1)CC2(C)C. The summed E-state index contributed by atoms with van der Waals surface area (Å²) in [4.78, 5) is 12.3. The van der Waals surface area contributed by atoms with Crippen LogP contribution >= 0.6 is 0 Å². The molecule has 3 rings (SSSR count). The molecule has 3 atom stereocenters. The van der Waals surface area contributed by atoms with Gasteiger partial charge in [0.2, 0.25) is 5.79 Å². The third-order valence-corrected chi connectivity index (χ3v) is 4.37. The van der Waals surface area contributed by atoms with Gasteiger partial charge in [-0.1, -0.05) is 32.0 Å². The second-order valence-electron chi connectivity index (χ2n) is 6.55. The van der Waals surface area contributed by atoms with Crippen molar-refractivity contribution >= 4 is 5.97 Å². The van der Waals surface area contributed by atoms with Crippen molar-refractivity contribution < 1.29 is 19.4 Å². The maximum absolute atomic E-state index is 12.3. The predicted molar refractivity (Wildman–Crippen MR) is 77.6 cm³/mol. The molecule has 0 aliphatic carbocycles. The fourth-order valence-electron chi connectivity index (χ4n) is 3.27. The van der Waals surface area contributed by atoms with Crippen LogP contribution in [-0.4, -0.2) is 29.1 Å². The van der Waals surface area contributed by atoms with Gasteiger partial charge in [-0.3, -0.25) is 0 Å². The lowest BCUT2D eigenvalue weighted by atomic mass is 9.82. The Bertz CT molecular complexity index is 590. The fourth-order valence-corrected chi connectivity index (χ4v) is 3.27. The van der Waals surface area contributed by atoms with E-state index in [4.69, 9.17) is 9.47 Å². The van der Waals surface area contributed by atoms with Gasteiger partial charge in [-0.05, 0) is 30.7 Å². The fraction of sp³-hybridized carbons (Fsp3) is 0.471. The van der Waals surface area contributed by atoms with Crippen LogP contribution in [0.5, 0.6) is 0 Å². The van der Waals surface area contributed by atoms with Crippen LogP contribution in [0.25, 0.3) is 0 Å². The number of aliphatic hydroxyl groups excluding tert-OH is 1. The van der Waals surface area contributed by atoms with E-state index in [1.54, 1.807) is 30.3 Å². The van der Waals surface area contributed by atoms with E-state index in [-0.39, 0.29) is 11.5 Å². The summed E-state index contributed by atoms with van der Waals surface area (Å²) in [6, 6.07) is 8.87. The van der Waals surface area contributed by atoms with Crippen LogP contribution in [0.2, 0.25) is 0 Å². The molecule has 1 fully saturated rings. The van der Waals surface area contributed by atoms with Crippen LogP contribution in [0.15, 0.2) is 42.0 Å². The van der Waals surface area contributed by atoms with E-state index in [2.05, 4.69) is 0 Å². The Morgan fingerprint density at radius 2 is 2.00 bits per heavy atom. The van der Waals surface area contributed by atoms with Crippen molar-refractivity contribution in [3.63, 3.8) is 0 Å². The summed E-state index contributed by atoms with van der Waals surface area (Å²) in [6.07, 6.45) is 1.26. The number of benzene rings is 1. The molecule has 2 bridgehead atoms. The summed E-state index contributed by atoms with van der Waals surface area (Å²) in [5, 5.41) is 10.1. The van der Waals surface area contributed by atoms with Gasteiger partial charge < -0.3 is 14.6 Å². The van der Waals surface area contributed by atoms with E-state index < -0.39 is 17.9 Å². The smallest absolute Gasteiger partial charge is 0.340 e. The van der Waals surface area contributed by atoms with Gasteiger partial charge in [-0.2, -0.15) is 0 Å². The largest absolute Gasteiger partial charge is 0.425 e. The number of hydrogen-bond acceptors (Lipinski definition) is 4. The number of hydrogen-bond donors (Lipinski definition) is 1. The lowest BCUT2D eigenvalue weighted by molar-refractivity contribution is -0.192. The van der Waals surface area contributed by atoms with E-state index in [0.29, 0.717) is 12.0 Å². The Balaban J connectivity index is 1.90. The summed E-state index contributed by atoms with van der Waals surface area (Å²) in [5.74, 6) is -1.46. The van der Waals surface area contributed by atoms with E-state index in [1.807, 2.05) is 26.8 Å². The quantitative estimate of drug-likeness (QED) is 0.671. The molecule has 2 aliphatic rings. The van der Waals surface area contributed by atoms with Crippen LogP contribution in [0.1, 0.15) is 37.6 Å². The zero-order chi connectivity index (χ0) is 15.3. The van der Waals surface area contributed by atoms with Crippen molar-refractivity contribution in [1.82, 2.24) is 0 Å². The molecule has 0 radical (unpaired) electrons. The predicted octanol–water partition coefficient (Wildman–Crippen LogP) is 2.68. The highest BCUT2D eigenvalue weighted by molar-refractivity contribution is 5.89.